The number of aliphatic imine (C=N–C) groups is 1. The second kappa shape index (κ2) is 9.54. The molecular formula is C20H14Cl2N4O2S3. The molecule has 0 unspecified atom stereocenters. The van der Waals surface area contributed by atoms with Gasteiger partial charge in [0.05, 0.1) is 26.2 Å². The highest BCUT2D eigenvalue weighted by Crippen LogP contribution is 2.35. The van der Waals surface area contributed by atoms with Gasteiger partial charge < -0.3 is 10.4 Å². The lowest BCUT2D eigenvalue weighted by molar-refractivity contribution is -0.115. The van der Waals surface area contributed by atoms with E-state index in [2.05, 4.69) is 20.3 Å². The maximum absolute atomic E-state index is 12.3. The Morgan fingerprint density at radius 2 is 2.16 bits per heavy atom. The van der Waals surface area contributed by atoms with Crippen molar-refractivity contribution in [2.45, 2.75) is 16.5 Å². The summed E-state index contributed by atoms with van der Waals surface area (Å²) in [5, 5.41) is 15.5. The van der Waals surface area contributed by atoms with Crippen molar-refractivity contribution in [2.24, 2.45) is 4.99 Å². The number of hydrogen-bond acceptors (Lipinski definition) is 8. The van der Waals surface area contributed by atoms with E-state index in [0.29, 0.717) is 21.4 Å². The van der Waals surface area contributed by atoms with E-state index in [-0.39, 0.29) is 21.9 Å². The van der Waals surface area contributed by atoms with E-state index in [9.17, 15) is 9.90 Å². The molecule has 0 radical (unpaired) electrons. The Morgan fingerprint density at radius 3 is 2.94 bits per heavy atom. The molecule has 11 heteroatoms. The first-order valence-electron chi connectivity index (χ1n) is 8.89. The SMILES string of the molecule is C[C@H](Sc1nc2ccc(N=Cc3cc(Cl)cc(Cl)c3O)cc2s1)C(=O)Nc1nccs1. The number of phenols is 1. The summed E-state index contributed by atoms with van der Waals surface area (Å²) >= 11 is 16.2. The van der Waals surface area contributed by atoms with Gasteiger partial charge in [0.1, 0.15) is 5.75 Å². The van der Waals surface area contributed by atoms with Gasteiger partial charge in [-0.05, 0) is 37.3 Å². The molecule has 2 aromatic heterocycles. The fraction of sp³-hybridized carbons (Fsp3) is 0.100. The molecule has 4 aromatic rings. The number of carbonyl (C=O) groups excluding carboxylic acids is 1. The van der Waals surface area contributed by atoms with Gasteiger partial charge in [-0.15, -0.1) is 22.7 Å². The summed E-state index contributed by atoms with van der Waals surface area (Å²) in [6.07, 6.45) is 3.16. The number of carbonyl (C=O) groups is 1. The Bertz CT molecular complexity index is 1280. The lowest BCUT2D eigenvalue weighted by Crippen LogP contribution is -2.22. The van der Waals surface area contributed by atoms with Gasteiger partial charge in [0, 0.05) is 28.4 Å². The molecule has 0 aliphatic rings. The molecule has 0 spiro atoms. The smallest absolute Gasteiger partial charge is 0.239 e. The molecule has 1 atom stereocenters. The Kier molecular flexibility index (Phi) is 6.78. The van der Waals surface area contributed by atoms with Crippen LogP contribution in [-0.2, 0) is 4.79 Å². The largest absolute Gasteiger partial charge is 0.506 e. The van der Waals surface area contributed by atoms with Gasteiger partial charge in [-0.25, -0.2) is 9.97 Å². The summed E-state index contributed by atoms with van der Waals surface area (Å²) in [6.45, 7) is 1.83. The number of amides is 1. The van der Waals surface area contributed by atoms with Gasteiger partial charge in [-0.2, -0.15) is 0 Å². The van der Waals surface area contributed by atoms with Crippen LogP contribution < -0.4 is 5.32 Å². The number of anilines is 1. The molecule has 0 bridgehead atoms. The van der Waals surface area contributed by atoms with Crippen LogP contribution in [0.2, 0.25) is 10.0 Å². The fourth-order valence-corrected chi connectivity index (χ4v) is 5.83. The van der Waals surface area contributed by atoms with Gasteiger partial charge in [-0.3, -0.25) is 9.79 Å². The molecule has 0 fully saturated rings. The highest BCUT2D eigenvalue weighted by atomic mass is 35.5. The van der Waals surface area contributed by atoms with Crippen molar-refractivity contribution in [2.75, 3.05) is 5.32 Å². The highest BCUT2D eigenvalue weighted by molar-refractivity contribution is 8.02. The van der Waals surface area contributed by atoms with E-state index in [0.717, 1.165) is 14.6 Å². The summed E-state index contributed by atoms with van der Waals surface area (Å²) in [5.41, 5.74) is 1.95. The summed E-state index contributed by atoms with van der Waals surface area (Å²) in [4.78, 5) is 25.4. The molecule has 1 amide bonds. The number of hydrogen-bond donors (Lipinski definition) is 2. The predicted octanol–water partition coefficient (Wildman–Crippen LogP) is 6.64. The molecular weight excluding hydrogens is 495 g/mol. The number of halogens is 2. The molecule has 2 N–H and O–H groups in total. The number of thioether (sulfide) groups is 1. The Labute approximate surface area is 200 Å². The first kappa shape index (κ1) is 22.0. The predicted molar refractivity (Wildman–Crippen MR) is 131 cm³/mol. The Hall–Kier alpha value is -2.17. The van der Waals surface area contributed by atoms with Crippen LogP contribution in [0.4, 0.5) is 10.8 Å². The first-order chi connectivity index (χ1) is 14.9. The average Bonchev–Trinajstić information content (AvgIpc) is 3.38. The number of phenolic OH excluding ortho intramolecular Hbond substituents is 1. The summed E-state index contributed by atoms with van der Waals surface area (Å²) in [5.74, 6) is -0.193. The second-order valence-electron chi connectivity index (χ2n) is 6.30. The molecule has 6 nitrogen and oxygen atoms in total. The third-order valence-corrected chi connectivity index (χ3v) is 7.48. The van der Waals surface area contributed by atoms with Gasteiger partial charge in [0.25, 0.3) is 0 Å². The van der Waals surface area contributed by atoms with Crippen molar-refractivity contribution in [1.29, 1.82) is 0 Å². The lowest BCUT2D eigenvalue weighted by Gasteiger charge is -2.07. The van der Waals surface area contributed by atoms with Crippen LogP contribution in [0.3, 0.4) is 0 Å². The van der Waals surface area contributed by atoms with Gasteiger partial charge in [0.2, 0.25) is 5.91 Å². The maximum atomic E-state index is 12.3. The molecule has 31 heavy (non-hydrogen) atoms. The van der Waals surface area contributed by atoms with Crippen molar-refractivity contribution >= 4 is 90.8 Å². The number of rotatable bonds is 6. The van der Waals surface area contributed by atoms with Crippen molar-refractivity contribution in [3.05, 3.63) is 57.5 Å². The molecule has 0 saturated heterocycles. The zero-order valence-corrected chi connectivity index (χ0v) is 19.8. The summed E-state index contributed by atoms with van der Waals surface area (Å²) < 4.78 is 1.73. The lowest BCUT2D eigenvalue weighted by atomic mass is 10.2. The third kappa shape index (κ3) is 5.36. The van der Waals surface area contributed by atoms with E-state index < -0.39 is 0 Å². The number of nitrogens with one attached hydrogen (secondary N) is 1. The summed E-state index contributed by atoms with van der Waals surface area (Å²) in [7, 11) is 0. The topological polar surface area (TPSA) is 87.5 Å². The van der Waals surface area contributed by atoms with Crippen LogP contribution in [0.1, 0.15) is 12.5 Å². The zero-order chi connectivity index (χ0) is 22.0. The van der Waals surface area contributed by atoms with E-state index in [4.69, 9.17) is 23.2 Å². The monoisotopic (exact) mass is 508 g/mol. The van der Waals surface area contributed by atoms with Gasteiger partial charge in [-0.1, -0.05) is 35.0 Å². The van der Waals surface area contributed by atoms with Gasteiger partial charge in [0.15, 0.2) is 9.47 Å². The molecule has 158 valence electrons. The standard InChI is InChI=1S/C20H14Cl2N4O2S3/c1-10(18(28)26-19-23-4-5-29-19)30-20-25-15-3-2-13(8-16(15)31-20)24-9-11-6-12(21)7-14(22)17(11)27/h2-10,27H,1H3,(H,23,26,28)/t10-/m0/s1. The maximum Gasteiger partial charge on any atom is 0.239 e. The van der Waals surface area contributed by atoms with E-state index in [1.165, 1.54) is 46.7 Å². The first-order valence-corrected chi connectivity index (χ1v) is 12.2. The van der Waals surface area contributed by atoms with Gasteiger partial charge >= 0.3 is 0 Å². The van der Waals surface area contributed by atoms with Crippen LogP contribution in [-0.4, -0.2) is 32.4 Å². The number of nitrogens with zero attached hydrogens (tertiary/aromatic N) is 3. The Morgan fingerprint density at radius 1 is 1.32 bits per heavy atom. The molecule has 2 aromatic carbocycles. The number of fused-ring (bicyclic) bond motifs is 1. The molecule has 0 saturated carbocycles. The summed E-state index contributed by atoms with van der Waals surface area (Å²) in [6, 6.07) is 8.65. The quantitative estimate of drug-likeness (QED) is 0.225. The van der Waals surface area contributed by atoms with Crippen molar-refractivity contribution in [3.63, 3.8) is 0 Å². The van der Waals surface area contributed by atoms with E-state index in [1.54, 1.807) is 12.3 Å². The van der Waals surface area contributed by atoms with E-state index >= 15 is 0 Å². The minimum Gasteiger partial charge on any atom is -0.506 e. The minimum atomic E-state index is -0.322. The Balaban J connectivity index is 1.49. The van der Waals surface area contributed by atoms with Crippen LogP contribution in [0.25, 0.3) is 10.2 Å². The number of aromatic nitrogens is 2. The van der Waals surface area contributed by atoms with E-state index in [1.807, 2.05) is 30.5 Å². The second-order valence-corrected chi connectivity index (χ2v) is 10.7. The molecule has 4 rings (SSSR count). The third-order valence-electron chi connectivity index (χ3n) is 4.07. The molecule has 0 aliphatic carbocycles. The zero-order valence-electron chi connectivity index (χ0n) is 15.9. The fourth-order valence-electron chi connectivity index (χ4n) is 2.55. The van der Waals surface area contributed by atoms with Crippen molar-refractivity contribution in [1.82, 2.24) is 9.97 Å². The normalized spacial score (nSPS) is 12.5. The molecule has 2 heterocycles. The van der Waals surface area contributed by atoms with Crippen molar-refractivity contribution in [3.8, 4) is 5.75 Å². The van der Waals surface area contributed by atoms with Crippen LogP contribution in [0, 0.1) is 0 Å². The van der Waals surface area contributed by atoms with Crippen LogP contribution >= 0.6 is 57.6 Å². The molecule has 0 aliphatic heterocycles. The van der Waals surface area contributed by atoms with Crippen LogP contribution in [0.15, 0.2) is 51.2 Å². The van der Waals surface area contributed by atoms with Crippen molar-refractivity contribution < 1.29 is 9.90 Å². The number of aromatic hydroxyl groups is 1. The number of thiazole rings is 2. The highest BCUT2D eigenvalue weighted by Gasteiger charge is 2.18. The minimum absolute atomic E-state index is 0.0719. The average molecular weight is 509 g/mol. The van der Waals surface area contributed by atoms with Crippen LogP contribution in [0.5, 0.6) is 5.75 Å². The number of benzene rings is 2.